The minimum atomic E-state index is 0.431. The molecule has 1 saturated heterocycles. The summed E-state index contributed by atoms with van der Waals surface area (Å²) < 4.78 is 17.2. The lowest BCUT2D eigenvalue weighted by Crippen LogP contribution is -2.39. The number of benzene rings is 1. The molecule has 2 atom stereocenters. The van der Waals surface area contributed by atoms with Crippen LogP contribution >= 0.6 is 0 Å². The molecule has 4 nitrogen and oxygen atoms in total. The van der Waals surface area contributed by atoms with Crippen molar-refractivity contribution in [2.75, 3.05) is 26.4 Å². The lowest BCUT2D eigenvalue weighted by molar-refractivity contribution is 0.0804. The van der Waals surface area contributed by atoms with Crippen LogP contribution in [0.25, 0.3) is 0 Å². The first kappa shape index (κ1) is 14.7. The zero-order chi connectivity index (χ0) is 14.5. The summed E-state index contributed by atoms with van der Waals surface area (Å²) >= 11 is 0. The summed E-state index contributed by atoms with van der Waals surface area (Å²) in [6, 6.07) is 8.34. The molecule has 116 valence electrons. The summed E-state index contributed by atoms with van der Waals surface area (Å²) in [5.74, 6) is 2.44. The first-order chi connectivity index (χ1) is 10.4. The Bertz CT molecular complexity index is 447. The Morgan fingerprint density at radius 2 is 1.90 bits per heavy atom. The monoisotopic (exact) mass is 291 g/mol. The summed E-state index contributed by atoms with van der Waals surface area (Å²) in [7, 11) is 0. The van der Waals surface area contributed by atoms with Crippen LogP contribution in [-0.4, -0.2) is 38.5 Å². The van der Waals surface area contributed by atoms with Crippen molar-refractivity contribution in [1.82, 2.24) is 5.32 Å². The fraction of sp³-hybridized carbons (Fsp3) is 0.647. The lowest BCUT2D eigenvalue weighted by Gasteiger charge is -2.19. The van der Waals surface area contributed by atoms with Gasteiger partial charge in [-0.1, -0.05) is 12.1 Å². The molecule has 1 aromatic carbocycles. The van der Waals surface area contributed by atoms with Crippen molar-refractivity contribution in [2.24, 2.45) is 5.92 Å². The molecule has 1 N–H and O–H groups in total. The second kappa shape index (κ2) is 7.14. The lowest BCUT2D eigenvalue weighted by atomic mass is 10.1. The van der Waals surface area contributed by atoms with Gasteiger partial charge in [-0.05, 0) is 44.2 Å². The molecule has 0 bridgehead atoms. The number of hydrogen-bond acceptors (Lipinski definition) is 4. The summed E-state index contributed by atoms with van der Waals surface area (Å²) in [5, 5.41) is 3.58. The molecule has 2 unspecified atom stereocenters. The molecule has 0 spiro atoms. The number of ether oxygens (including phenoxy) is 3. The van der Waals surface area contributed by atoms with Crippen LogP contribution in [-0.2, 0) is 4.74 Å². The Hall–Kier alpha value is -1.26. The highest BCUT2D eigenvalue weighted by molar-refractivity contribution is 5.39. The third-order valence-corrected chi connectivity index (χ3v) is 4.14. The molecule has 1 aromatic rings. The molecule has 2 fully saturated rings. The molecule has 2 aliphatic rings. The average molecular weight is 291 g/mol. The third kappa shape index (κ3) is 3.89. The van der Waals surface area contributed by atoms with E-state index in [2.05, 4.69) is 5.32 Å². The van der Waals surface area contributed by atoms with Gasteiger partial charge in [0.25, 0.3) is 0 Å². The number of para-hydroxylation sites is 2. The molecular formula is C17H25NO3. The van der Waals surface area contributed by atoms with Gasteiger partial charge in [-0.25, -0.2) is 0 Å². The van der Waals surface area contributed by atoms with E-state index in [1.54, 1.807) is 0 Å². The van der Waals surface area contributed by atoms with Gasteiger partial charge < -0.3 is 19.5 Å². The van der Waals surface area contributed by atoms with Gasteiger partial charge >= 0.3 is 0 Å². The molecule has 0 radical (unpaired) electrons. The van der Waals surface area contributed by atoms with Gasteiger partial charge in [0.15, 0.2) is 11.5 Å². The molecule has 1 aliphatic heterocycles. The second-order valence-corrected chi connectivity index (χ2v) is 5.75. The maximum absolute atomic E-state index is 5.83. The average Bonchev–Trinajstić information content (AvgIpc) is 3.24. The zero-order valence-corrected chi connectivity index (χ0v) is 12.7. The largest absolute Gasteiger partial charge is 0.490 e. The Kier molecular flexibility index (Phi) is 4.99. The van der Waals surface area contributed by atoms with Crippen molar-refractivity contribution < 1.29 is 14.2 Å². The minimum absolute atomic E-state index is 0.431. The van der Waals surface area contributed by atoms with E-state index in [1.165, 1.54) is 12.8 Å². The van der Waals surface area contributed by atoms with Gasteiger partial charge in [-0.2, -0.15) is 0 Å². The fourth-order valence-electron chi connectivity index (χ4n) is 2.97. The summed E-state index contributed by atoms with van der Waals surface area (Å²) in [6.07, 6.45) is 4.22. The Labute approximate surface area is 126 Å². The van der Waals surface area contributed by atoms with Gasteiger partial charge in [0.05, 0.1) is 12.7 Å². The zero-order valence-electron chi connectivity index (χ0n) is 12.7. The van der Waals surface area contributed by atoms with Crippen LogP contribution in [0.2, 0.25) is 0 Å². The van der Waals surface area contributed by atoms with E-state index in [4.69, 9.17) is 14.2 Å². The van der Waals surface area contributed by atoms with E-state index < -0.39 is 0 Å². The number of hydrogen-bond donors (Lipinski definition) is 1. The Balaban J connectivity index is 1.42. The summed E-state index contributed by atoms with van der Waals surface area (Å²) in [4.78, 5) is 0. The molecule has 0 aromatic heterocycles. The van der Waals surface area contributed by atoms with Crippen LogP contribution in [0.15, 0.2) is 24.3 Å². The molecule has 4 heteroatoms. The molecule has 0 amide bonds. The highest BCUT2D eigenvalue weighted by Crippen LogP contribution is 2.38. The smallest absolute Gasteiger partial charge is 0.161 e. The highest BCUT2D eigenvalue weighted by Gasteiger charge is 2.40. The minimum Gasteiger partial charge on any atom is -0.490 e. The van der Waals surface area contributed by atoms with Gasteiger partial charge in [0, 0.05) is 19.2 Å². The molecule has 1 aliphatic carbocycles. The van der Waals surface area contributed by atoms with Crippen molar-refractivity contribution in [1.29, 1.82) is 0 Å². The van der Waals surface area contributed by atoms with E-state index in [0.29, 0.717) is 25.4 Å². The van der Waals surface area contributed by atoms with Gasteiger partial charge in [-0.15, -0.1) is 0 Å². The molecule has 1 heterocycles. The van der Waals surface area contributed by atoms with E-state index in [-0.39, 0.29) is 0 Å². The van der Waals surface area contributed by atoms with Crippen molar-refractivity contribution in [2.45, 2.75) is 38.3 Å². The van der Waals surface area contributed by atoms with Crippen LogP contribution in [0.3, 0.4) is 0 Å². The van der Waals surface area contributed by atoms with E-state index in [1.807, 2.05) is 31.2 Å². The highest BCUT2D eigenvalue weighted by atomic mass is 16.5. The van der Waals surface area contributed by atoms with Gasteiger partial charge in [0.2, 0.25) is 0 Å². The van der Waals surface area contributed by atoms with Crippen molar-refractivity contribution in [3.05, 3.63) is 24.3 Å². The number of nitrogens with one attached hydrogen (secondary N) is 1. The Morgan fingerprint density at radius 1 is 1.14 bits per heavy atom. The predicted molar refractivity (Wildman–Crippen MR) is 82.0 cm³/mol. The SMILES string of the molecule is CCOc1ccccc1OCCNC1CCOC1C1CC1. The van der Waals surface area contributed by atoms with Crippen LogP contribution in [0.5, 0.6) is 11.5 Å². The quantitative estimate of drug-likeness (QED) is 0.747. The molecular weight excluding hydrogens is 266 g/mol. The third-order valence-electron chi connectivity index (χ3n) is 4.14. The van der Waals surface area contributed by atoms with Crippen LogP contribution in [0.4, 0.5) is 0 Å². The van der Waals surface area contributed by atoms with Crippen LogP contribution in [0, 0.1) is 5.92 Å². The molecule has 1 saturated carbocycles. The predicted octanol–water partition coefficient (Wildman–Crippen LogP) is 2.62. The van der Waals surface area contributed by atoms with Crippen molar-refractivity contribution in [3.8, 4) is 11.5 Å². The van der Waals surface area contributed by atoms with E-state index >= 15 is 0 Å². The number of rotatable bonds is 8. The van der Waals surface area contributed by atoms with Crippen molar-refractivity contribution >= 4 is 0 Å². The van der Waals surface area contributed by atoms with Gasteiger partial charge in [0.1, 0.15) is 6.61 Å². The Morgan fingerprint density at radius 3 is 2.62 bits per heavy atom. The van der Waals surface area contributed by atoms with E-state index in [9.17, 15) is 0 Å². The topological polar surface area (TPSA) is 39.7 Å². The standard InChI is InChI=1S/C17H25NO3/c1-2-19-15-5-3-4-6-16(15)20-12-10-18-14-9-11-21-17(14)13-7-8-13/h3-6,13-14,17-18H,2,7-12H2,1H3. The maximum atomic E-state index is 5.83. The molecule has 21 heavy (non-hydrogen) atoms. The summed E-state index contributed by atoms with van der Waals surface area (Å²) in [6.45, 7) is 5.03. The van der Waals surface area contributed by atoms with E-state index in [0.717, 1.165) is 37.0 Å². The van der Waals surface area contributed by atoms with Crippen molar-refractivity contribution in [3.63, 3.8) is 0 Å². The first-order valence-electron chi connectivity index (χ1n) is 8.08. The molecule has 3 rings (SSSR count). The summed E-state index contributed by atoms with van der Waals surface area (Å²) in [5.41, 5.74) is 0. The normalized spacial score (nSPS) is 25.0. The second-order valence-electron chi connectivity index (χ2n) is 5.75. The first-order valence-corrected chi connectivity index (χ1v) is 8.08. The maximum Gasteiger partial charge on any atom is 0.161 e. The fourth-order valence-corrected chi connectivity index (χ4v) is 2.97. The van der Waals surface area contributed by atoms with Gasteiger partial charge in [-0.3, -0.25) is 0 Å². The van der Waals surface area contributed by atoms with Crippen LogP contribution in [0.1, 0.15) is 26.2 Å². The van der Waals surface area contributed by atoms with Crippen LogP contribution < -0.4 is 14.8 Å².